The van der Waals surface area contributed by atoms with Crippen molar-refractivity contribution in [2.75, 3.05) is 12.4 Å². The Labute approximate surface area is 149 Å². The molecular formula is C18H27F3O3S. The van der Waals surface area contributed by atoms with Gasteiger partial charge in [-0.15, -0.1) is 0 Å². The molecule has 2 N–H and O–H groups in total. The van der Waals surface area contributed by atoms with Gasteiger partial charge in [-0.25, -0.2) is 4.39 Å². The van der Waals surface area contributed by atoms with Crippen LogP contribution in [0.5, 0.6) is 0 Å². The Morgan fingerprint density at radius 3 is 2.24 bits per heavy atom. The minimum Gasteiger partial charge on any atom is -0.393 e. The first-order valence-corrected chi connectivity index (χ1v) is 9.46. The van der Waals surface area contributed by atoms with Gasteiger partial charge in [-0.2, -0.15) is 8.78 Å². The van der Waals surface area contributed by atoms with E-state index < -0.39 is 51.0 Å². The summed E-state index contributed by atoms with van der Waals surface area (Å²) in [6.45, 7) is 6.76. The smallest absolute Gasteiger partial charge is 0.306 e. The van der Waals surface area contributed by atoms with E-state index in [4.69, 9.17) is 5.11 Å². The molecule has 0 aliphatic rings. The van der Waals surface area contributed by atoms with Crippen LogP contribution in [-0.4, -0.2) is 37.1 Å². The fourth-order valence-electron chi connectivity index (χ4n) is 2.31. The zero-order chi connectivity index (χ0) is 19.6. The highest BCUT2D eigenvalue weighted by Crippen LogP contribution is 2.41. The van der Waals surface area contributed by atoms with Gasteiger partial charge in [0.15, 0.2) is 5.60 Å². The maximum Gasteiger partial charge on any atom is 0.306 e. The summed E-state index contributed by atoms with van der Waals surface area (Å²) in [5.41, 5.74) is -3.65. The molecule has 144 valence electrons. The summed E-state index contributed by atoms with van der Waals surface area (Å²) in [7, 11) is -1.12. The second-order valence-electron chi connectivity index (χ2n) is 7.57. The van der Waals surface area contributed by atoms with Crippen molar-refractivity contribution < 1.29 is 27.6 Å². The van der Waals surface area contributed by atoms with Crippen LogP contribution in [0.2, 0.25) is 0 Å². The Kier molecular flexibility index (Phi) is 6.87. The van der Waals surface area contributed by atoms with Gasteiger partial charge in [0.25, 0.3) is 0 Å². The SMILES string of the molecule is C[C@@H](CC[S@](=O)C(C)(C)C)c1cccc(C(F)(F)[C@](C)(O)CO)c1F. The Morgan fingerprint density at radius 2 is 1.76 bits per heavy atom. The van der Waals surface area contributed by atoms with E-state index in [2.05, 4.69) is 0 Å². The molecule has 0 saturated heterocycles. The Hall–Kier alpha value is -0.920. The number of hydrogen-bond acceptors (Lipinski definition) is 3. The van der Waals surface area contributed by atoms with Gasteiger partial charge in [0.1, 0.15) is 5.82 Å². The van der Waals surface area contributed by atoms with E-state index in [9.17, 15) is 22.5 Å². The third kappa shape index (κ3) is 4.83. The molecule has 0 amide bonds. The molecule has 1 rings (SSSR count). The van der Waals surface area contributed by atoms with Crippen LogP contribution in [0.15, 0.2) is 18.2 Å². The average molecular weight is 380 g/mol. The molecule has 0 spiro atoms. The minimum atomic E-state index is -3.95. The molecule has 1 aromatic rings. The predicted octanol–water partition coefficient (Wildman–Crippen LogP) is 3.70. The highest BCUT2D eigenvalue weighted by molar-refractivity contribution is 7.86. The summed E-state index contributed by atoms with van der Waals surface area (Å²) < 4.78 is 55.2. The lowest BCUT2D eigenvalue weighted by atomic mass is 9.88. The number of aliphatic hydroxyl groups is 2. The van der Waals surface area contributed by atoms with E-state index in [0.717, 1.165) is 13.0 Å². The summed E-state index contributed by atoms with van der Waals surface area (Å²) in [6, 6.07) is 3.61. The van der Waals surface area contributed by atoms with E-state index in [1.165, 1.54) is 12.1 Å². The molecule has 0 aliphatic heterocycles. The van der Waals surface area contributed by atoms with Crippen molar-refractivity contribution in [1.82, 2.24) is 0 Å². The molecule has 0 bridgehead atoms. The normalized spacial score (nSPS) is 17.8. The molecule has 0 aromatic heterocycles. The second-order valence-corrected chi connectivity index (χ2v) is 9.89. The topological polar surface area (TPSA) is 57.5 Å². The highest BCUT2D eigenvalue weighted by atomic mass is 32.2. The molecule has 0 radical (unpaired) electrons. The number of aliphatic hydroxyl groups excluding tert-OH is 1. The van der Waals surface area contributed by atoms with Crippen LogP contribution in [0, 0.1) is 5.82 Å². The predicted molar refractivity (Wildman–Crippen MR) is 93.8 cm³/mol. The van der Waals surface area contributed by atoms with Crippen LogP contribution in [0.3, 0.4) is 0 Å². The van der Waals surface area contributed by atoms with E-state index in [-0.39, 0.29) is 5.56 Å². The molecule has 3 nitrogen and oxygen atoms in total. The lowest BCUT2D eigenvalue weighted by Gasteiger charge is -2.32. The quantitative estimate of drug-likeness (QED) is 0.758. The van der Waals surface area contributed by atoms with Gasteiger partial charge in [0, 0.05) is 21.3 Å². The highest BCUT2D eigenvalue weighted by Gasteiger charge is 2.52. The average Bonchev–Trinajstić information content (AvgIpc) is 2.50. The molecule has 0 fully saturated rings. The summed E-state index contributed by atoms with van der Waals surface area (Å²) >= 11 is 0. The largest absolute Gasteiger partial charge is 0.393 e. The lowest BCUT2D eigenvalue weighted by Crippen LogP contribution is -2.47. The number of hydrogen-bond donors (Lipinski definition) is 2. The molecule has 7 heteroatoms. The molecule has 0 aliphatic carbocycles. The second kappa shape index (κ2) is 7.76. The Bertz CT molecular complexity index is 624. The first-order valence-electron chi connectivity index (χ1n) is 8.14. The zero-order valence-corrected chi connectivity index (χ0v) is 16.1. The van der Waals surface area contributed by atoms with Gasteiger partial charge < -0.3 is 10.2 Å². The van der Waals surface area contributed by atoms with Crippen LogP contribution in [0.1, 0.15) is 58.1 Å². The lowest BCUT2D eigenvalue weighted by molar-refractivity contribution is -0.197. The zero-order valence-electron chi connectivity index (χ0n) is 15.3. The number of rotatable bonds is 7. The van der Waals surface area contributed by atoms with E-state index >= 15 is 0 Å². The summed E-state index contributed by atoms with van der Waals surface area (Å²) in [6.07, 6.45) is 0.381. The van der Waals surface area contributed by atoms with Gasteiger partial charge in [-0.3, -0.25) is 4.21 Å². The van der Waals surface area contributed by atoms with Gasteiger partial charge in [-0.1, -0.05) is 19.1 Å². The fraction of sp³-hybridized carbons (Fsp3) is 0.667. The van der Waals surface area contributed by atoms with Crippen LogP contribution in [0.4, 0.5) is 13.2 Å². The molecule has 0 saturated carbocycles. The molecule has 3 atom stereocenters. The monoisotopic (exact) mass is 380 g/mol. The van der Waals surface area contributed by atoms with Gasteiger partial charge in [-0.05, 0) is 51.7 Å². The molecule has 0 heterocycles. The van der Waals surface area contributed by atoms with Crippen molar-refractivity contribution in [3.63, 3.8) is 0 Å². The number of benzene rings is 1. The summed E-state index contributed by atoms with van der Waals surface area (Å²) in [4.78, 5) is 0. The van der Waals surface area contributed by atoms with Crippen molar-refractivity contribution in [1.29, 1.82) is 0 Å². The molecule has 0 unspecified atom stereocenters. The van der Waals surface area contributed by atoms with Crippen LogP contribution >= 0.6 is 0 Å². The fourth-order valence-corrected chi connectivity index (χ4v) is 3.49. The van der Waals surface area contributed by atoms with Crippen LogP contribution in [0.25, 0.3) is 0 Å². The number of alkyl halides is 2. The Balaban J connectivity index is 3.10. The minimum absolute atomic E-state index is 0.0804. The van der Waals surface area contributed by atoms with Crippen molar-refractivity contribution in [3.8, 4) is 0 Å². The van der Waals surface area contributed by atoms with Crippen molar-refractivity contribution in [3.05, 3.63) is 35.1 Å². The van der Waals surface area contributed by atoms with Gasteiger partial charge >= 0.3 is 5.92 Å². The van der Waals surface area contributed by atoms with Crippen LogP contribution < -0.4 is 0 Å². The van der Waals surface area contributed by atoms with E-state index in [0.29, 0.717) is 12.2 Å². The standard InChI is InChI=1S/C18H27F3O3S/c1-12(9-10-25(24)16(2,3)4)13-7-6-8-14(15(13)19)18(20,21)17(5,23)11-22/h6-8,12,22-23H,9-11H2,1-5H3/t12-,17+,25-/m0/s1. The third-order valence-corrected chi connectivity index (χ3v) is 6.27. The molecular weight excluding hydrogens is 353 g/mol. The summed E-state index contributed by atoms with van der Waals surface area (Å²) in [5, 5.41) is 18.7. The van der Waals surface area contributed by atoms with Crippen LogP contribution in [-0.2, 0) is 16.7 Å². The van der Waals surface area contributed by atoms with Gasteiger partial charge in [0.05, 0.1) is 12.2 Å². The summed E-state index contributed by atoms with van der Waals surface area (Å²) in [5.74, 6) is -5.13. The maximum atomic E-state index is 14.7. The Morgan fingerprint density at radius 1 is 1.20 bits per heavy atom. The van der Waals surface area contributed by atoms with Crippen molar-refractivity contribution in [2.45, 2.75) is 63.2 Å². The molecule has 25 heavy (non-hydrogen) atoms. The van der Waals surface area contributed by atoms with Gasteiger partial charge in [0.2, 0.25) is 0 Å². The third-order valence-electron chi connectivity index (χ3n) is 4.30. The van der Waals surface area contributed by atoms with Crippen molar-refractivity contribution >= 4 is 10.8 Å². The number of halogens is 3. The van der Waals surface area contributed by atoms with E-state index in [1.807, 2.05) is 20.8 Å². The maximum absolute atomic E-state index is 14.7. The first-order chi connectivity index (χ1) is 11.3. The van der Waals surface area contributed by atoms with E-state index in [1.54, 1.807) is 6.92 Å². The molecule has 1 aromatic carbocycles. The first kappa shape index (κ1) is 22.1. The van der Waals surface area contributed by atoms with Crippen molar-refractivity contribution in [2.24, 2.45) is 0 Å².